The summed E-state index contributed by atoms with van der Waals surface area (Å²) >= 11 is 5.59. The number of rotatable bonds is 8. The van der Waals surface area contributed by atoms with Gasteiger partial charge in [0.1, 0.15) is 11.0 Å². The predicted octanol–water partition coefficient (Wildman–Crippen LogP) is 5.65. The Labute approximate surface area is 214 Å². The minimum absolute atomic E-state index is 0.480. The quantitative estimate of drug-likeness (QED) is 0.400. The first kappa shape index (κ1) is 24.0. The van der Waals surface area contributed by atoms with Gasteiger partial charge in [0.25, 0.3) is 0 Å². The van der Waals surface area contributed by atoms with Crippen LogP contribution >= 0.6 is 11.6 Å². The molecule has 1 N–H and O–H groups in total. The molecule has 1 fully saturated rings. The molecule has 0 saturated carbocycles. The number of benzene rings is 1. The zero-order valence-corrected chi connectivity index (χ0v) is 21.3. The first-order chi connectivity index (χ1) is 17.2. The smallest absolute Gasteiger partial charge is 0.223 e. The number of aromatic nitrogens is 3. The molecule has 0 amide bonds. The summed E-state index contributed by atoms with van der Waals surface area (Å²) in [6.07, 6.45) is 13.4. The van der Waals surface area contributed by atoms with Crippen molar-refractivity contribution < 1.29 is 4.21 Å². The van der Waals surface area contributed by atoms with E-state index in [2.05, 4.69) is 45.8 Å². The van der Waals surface area contributed by atoms with Gasteiger partial charge in [0.05, 0.1) is 16.1 Å². The summed E-state index contributed by atoms with van der Waals surface area (Å²) in [4.78, 5) is 9.99. The molecule has 2 aromatic heterocycles. The molecule has 0 radical (unpaired) electrons. The number of hydrogen-bond donors (Lipinski definition) is 1. The second-order valence-corrected chi connectivity index (χ2v) is 10.8. The summed E-state index contributed by atoms with van der Waals surface area (Å²) in [7, 11) is -1.21. The number of halogens is 1. The fourth-order valence-corrected chi connectivity index (χ4v) is 6.30. The Morgan fingerprint density at radius 3 is 2.91 bits per heavy atom. The Balaban J connectivity index is 1.22. The van der Waals surface area contributed by atoms with Gasteiger partial charge in [0.15, 0.2) is 0 Å². The van der Waals surface area contributed by atoms with E-state index in [1.54, 1.807) is 18.2 Å². The Hall–Kier alpha value is -2.74. The van der Waals surface area contributed by atoms with Crippen molar-refractivity contribution in [2.45, 2.75) is 32.2 Å². The maximum Gasteiger partial charge on any atom is 0.223 e. The molecule has 35 heavy (non-hydrogen) atoms. The van der Waals surface area contributed by atoms with Crippen LogP contribution in [0.1, 0.15) is 24.8 Å². The van der Waals surface area contributed by atoms with Crippen molar-refractivity contribution >= 4 is 39.4 Å². The summed E-state index contributed by atoms with van der Waals surface area (Å²) in [6, 6.07) is 8.58. The monoisotopic (exact) mass is 507 g/mol. The van der Waals surface area contributed by atoms with Crippen LogP contribution in [0.25, 0.3) is 22.2 Å². The largest absolute Gasteiger partial charge is 0.354 e. The molecular weight excluding hydrogens is 478 g/mol. The first-order valence-electron chi connectivity index (χ1n) is 12.1. The van der Waals surface area contributed by atoms with Crippen LogP contribution in [-0.2, 0) is 24.0 Å². The van der Waals surface area contributed by atoms with Gasteiger partial charge >= 0.3 is 0 Å². The number of nitrogens with zero attached hydrogens (tertiary/aromatic N) is 4. The molecule has 0 aliphatic carbocycles. The van der Waals surface area contributed by atoms with E-state index in [9.17, 15) is 4.21 Å². The van der Waals surface area contributed by atoms with Crippen molar-refractivity contribution in [1.29, 1.82) is 0 Å². The highest BCUT2D eigenvalue weighted by Gasteiger charge is 2.24. The molecule has 0 spiro atoms. The third kappa shape index (κ3) is 5.13. The minimum Gasteiger partial charge on any atom is -0.354 e. The van der Waals surface area contributed by atoms with E-state index < -0.39 is 11.0 Å². The Kier molecular flexibility index (Phi) is 7.46. The van der Waals surface area contributed by atoms with E-state index >= 15 is 0 Å². The third-order valence-electron chi connectivity index (χ3n) is 6.85. The second kappa shape index (κ2) is 10.9. The van der Waals surface area contributed by atoms with Gasteiger partial charge in [-0.25, -0.2) is 18.5 Å². The maximum atomic E-state index is 12.8. The molecule has 1 saturated heterocycles. The number of allylic oxidation sites excluding steroid dienone is 3. The van der Waals surface area contributed by atoms with Crippen molar-refractivity contribution in [3.05, 3.63) is 77.5 Å². The fourth-order valence-electron chi connectivity index (χ4n) is 5.05. The average Bonchev–Trinajstić information content (AvgIpc) is 3.29. The van der Waals surface area contributed by atoms with Gasteiger partial charge in [-0.15, -0.1) is 0 Å². The molecule has 2 aliphatic rings. The van der Waals surface area contributed by atoms with Crippen LogP contribution in [0.3, 0.4) is 0 Å². The highest BCUT2D eigenvalue weighted by molar-refractivity contribution is 7.86. The summed E-state index contributed by atoms with van der Waals surface area (Å²) in [5, 5.41) is 4.71. The van der Waals surface area contributed by atoms with Crippen molar-refractivity contribution in [3.63, 3.8) is 0 Å². The normalized spacial score (nSPS) is 18.3. The van der Waals surface area contributed by atoms with Crippen LogP contribution in [0.2, 0.25) is 0 Å². The zero-order chi connectivity index (χ0) is 24.2. The lowest BCUT2D eigenvalue weighted by atomic mass is 9.98. The molecular formula is C27H30ClN5OS. The summed E-state index contributed by atoms with van der Waals surface area (Å²) in [5.74, 6) is 1.14. The van der Waals surface area contributed by atoms with Crippen LogP contribution < -0.4 is 5.32 Å². The standard InChI is InChI=1S/C27H30ClN5OS/c1-2-22(8-4-13-28)35(34)33-16-11-20(12-17-33)18-30-27-29-14-10-25(31-27)24-19-32-15-5-7-21-6-3-9-23(24)26(21)32/h2-4,6,8-10,13-14,19-20H,1,5,7,11-12,15-18H2,(H,29,30,31)/b13-4+,22-8+. The second-order valence-electron chi connectivity index (χ2n) is 9.01. The molecule has 1 aromatic carbocycles. The lowest BCUT2D eigenvalue weighted by molar-refractivity contribution is 0.294. The van der Waals surface area contributed by atoms with E-state index in [1.165, 1.54) is 34.0 Å². The highest BCUT2D eigenvalue weighted by atomic mass is 35.5. The van der Waals surface area contributed by atoms with Gasteiger partial charge in [0.2, 0.25) is 5.95 Å². The average molecular weight is 508 g/mol. The highest BCUT2D eigenvalue weighted by Crippen LogP contribution is 2.34. The van der Waals surface area contributed by atoms with E-state index in [4.69, 9.17) is 16.6 Å². The molecule has 4 heterocycles. The van der Waals surface area contributed by atoms with Gasteiger partial charge in [-0.1, -0.05) is 42.5 Å². The molecule has 1 atom stereocenters. The van der Waals surface area contributed by atoms with E-state index in [1.807, 2.05) is 16.6 Å². The zero-order valence-electron chi connectivity index (χ0n) is 19.7. The lowest BCUT2D eigenvalue weighted by Gasteiger charge is -2.31. The summed E-state index contributed by atoms with van der Waals surface area (Å²) in [6.45, 7) is 7.18. The van der Waals surface area contributed by atoms with Crippen LogP contribution in [0, 0.1) is 5.92 Å². The molecule has 3 aromatic rings. The fraction of sp³-hybridized carbons (Fsp3) is 0.333. The van der Waals surface area contributed by atoms with Crippen LogP contribution in [0.5, 0.6) is 0 Å². The topological polar surface area (TPSA) is 63.1 Å². The Morgan fingerprint density at radius 2 is 2.11 bits per heavy atom. The molecule has 1 unspecified atom stereocenters. The SMILES string of the molecule is C=C/C(=C\C=C\Cl)S(=O)N1CCC(CNc2nccc(-c3cn4c5c(cccc35)CCC4)n2)CC1. The number of hydrogen-bond acceptors (Lipinski definition) is 4. The minimum atomic E-state index is -1.21. The van der Waals surface area contributed by atoms with E-state index in [-0.39, 0.29) is 0 Å². The Bertz CT molecular complexity index is 1310. The number of piperidine rings is 1. The van der Waals surface area contributed by atoms with Crippen LogP contribution in [0.4, 0.5) is 5.95 Å². The number of nitrogens with one attached hydrogen (secondary N) is 1. The molecule has 2 aliphatic heterocycles. The van der Waals surface area contributed by atoms with Crippen molar-refractivity contribution in [3.8, 4) is 11.3 Å². The van der Waals surface area contributed by atoms with Gasteiger partial charge in [-0.05, 0) is 55.4 Å². The third-order valence-corrected chi connectivity index (χ3v) is 8.54. The number of para-hydroxylation sites is 1. The van der Waals surface area contributed by atoms with E-state index in [0.29, 0.717) is 16.8 Å². The van der Waals surface area contributed by atoms with Crippen LogP contribution in [-0.4, -0.2) is 42.7 Å². The predicted molar refractivity (Wildman–Crippen MR) is 145 cm³/mol. The van der Waals surface area contributed by atoms with Crippen molar-refractivity contribution in [2.24, 2.45) is 5.92 Å². The van der Waals surface area contributed by atoms with Gasteiger partial charge < -0.3 is 9.88 Å². The molecule has 5 rings (SSSR count). The molecule has 8 heteroatoms. The Morgan fingerprint density at radius 1 is 1.26 bits per heavy atom. The van der Waals surface area contributed by atoms with Crippen LogP contribution in [0.15, 0.2) is 71.9 Å². The molecule has 182 valence electrons. The lowest BCUT2D eigenvalue weighted by Crippen LogP contribution is -2.37. The van der Waals surface area contributed by atoms with Gasteiger partial charge in [-0.3, -0.25) is 0 Å². The van der Waals surface area contributed by atoms with Gasteiger partial charge in [-0.2, -0.15) is 0 Å². The summed E-state index contributed by atoms with van der Waals surface area (Å²) in [5.41, 5.74) is 6.29. The molecule has 6 nitrogen and oxygen atoms in total. The molecule has 0 bridgehead atoms. The summed E-state index contributed by atoms with van der Waals surface area (Å²) < 4.78 is 17.2. The number of aryl methyl sites for hydroxylation is 2. The van der Waals surface area contributed by atoms with Crippen molar-refractivity contribution in [2.75, 3.05) is 25.0 Å². The van der Waals surface area contributed by atoms with E-state index in [0.717, 1.165) is 51.1 Å². The first-order valence-corrected chi connectivity index (χ1v) is 13.7. The maximum absolute atomic E-state index is 12.8. The van der Waals surface area contributed by atoms with Crippen molar-refractivity contribution in [1.82, 2.24) is 18.8 Å². The number of anilines is 1. The van der Waals surface area contributed by atoms with Gasteiger partial charge in [0, 0.05) is 55.1 Å².